The monoisotopic (exact) mass is 553 g/mol. The Morgan fingerprint density at radius 3 is 2.68 bits per heavy atom. The van der Waals surface area contributed by atoms with E-state index in [1.165, 1.54) is 0 Å². The molecule has 0 amide bonds. The van der Waals surface area contributed by atoms with Crippen LogP contribution in [0.3, 0.4) is 0 Å². The Morgan fingerprint density at radius 1 is 1.32 bits per heavy atom. The number of nitrogens with one attached hydrogen (secondary N) is 2. The Labute approximate surface area is 200 Å². The number of likely N-dealkylation sites (N-methyl/N-ethyl adjacent to an activating group) is 1. The first-order chi connectivity index (χ1) is 14.4. The highest BCUT2D eigenvalue weighted by Gasteiger charge is 2.35. The molecule has 0 aromatic heterocycles. The Bertz CT molecular complexity index is 717. The van der Waals surface area contributed by atoms with Crippen LogP contribution in [0.25, 0.3) is 0 Å². The van der Waals surface area contributed by atoms with Gasteiger partial charge in [-0.05, 0) is 45.5 Å². The van der Waals surface area contributed by atoms with Gasteiger partial charge < -0.3 is 29.9 Å². The maximum absolute atomic E-state index is 12.7. The van der Waals surface area contributed by atoms with E-state index in [9.17, 15) is 8.78 Å². The van der Waals surface area contributed by atoms with Crippen LogP contribution < -0.4 is 20.3 Å². The van der Waals surface area contributed by atoms with E-state index < -0.39 is 6.61 Å². The Balaban J connectivity index is 0.00000341. The third-order valence-electron chi connectivity index (χ3n) is 6.13. The summed E-state index contributed by atoms with van der Waals surface area (Å²) in [7, 11) is 5.98. The number of anilines is 1. The average molecular weight is 553 g/mol. The SMILES string of the molecule is CN=C(NCC1(N(C)C)CCOCC1)NC1CCN(c2ccccc2OC(F)F)C1.I. The second-order valence-corrected chi connectivity index (χ2v) is 8.08. The van der Waals surface area contributed by atoms with E-state index in [2.05, 4.69) is 44.3 Å². The molecule has 1 aromatic rings. The summed E-state index contributed by atoms with van der Waals surface area (Å²) in [5, 5.41) is 6.96. The number of para-hydroxylation sites is 2. The number of hydrogen-bond donors (Lipinski definition) is 2. The van der Waals surface area contributed by atoms with Gasteiger partial charge in [-0.2, -0.15) is 8.78 Å². The van der Waals surface area contributed by atoms with E-state index in [0.29, 0.717) is 12.2 Å². The van der Waals surface area contributed by atoms with Gasteiger partial charge in [0.25, 0.3) is 0 Å². The maximum atomic E-state index is 12.7. The third kappa shape index (κ3) is 6.79. The molecule has 2 N–H and O–H groups in total. The van der Waals surface area contributed by atoms with Crippen LogP contribution in [0.5, 0.6) is 5.75 Å². The van der Waals surface area contributed by atoms with Crippen LogP contribution in [0.4, 0.5) is 14.5 Å². The van der Waals surface area contributed by atoms with E-state index in [-0.39, 0.29) is 41.3 Å². The first-order valence-electron chi connectivity index (χ1n) is 10.4. The zero-order chi connectivity index (χ0) is 21.6. The summed E-state index contributed by atoms with van der Waals surface area (Å²) in [5.41, 5.74) is 0.738. The summed E-state index contributed by atoms with van der Waals surface area (Å²) in [6, 6.07) is 7.11. The van der Waals surface area contributed by atoms with Crippen LogP contribution >= 0.6 is 24.0 Å². The molecule has 2 saturated heterocycles. The molecular formula is C21H34F2IN5O2. The summed E-state index contributed by atoms with van der Waals surface area (Å²) in [6.45, 7) is 0.936. The number of benzene rings is 1. The molecule has 0 bridgehead atoms. The highest BCUT2D eigenvalue weighted by molar-refractivity contribution is 14.0. The average Bonchev–Trinajstić information content (AvgIpc) is 3.20. The first kappa shape index (κ1) is 25.9. The number of nitrogens with zero attached hydrogens (tertiary/aromatic N) is 3. The molecule has 0 radical (unpaired) electrons. The van der Waals surface area contributed by atoms with Gasteiger partial charge in [-0.3, -0.25) is 4.99 Å². The van der Waals surface area contributed by atoms with Gasteiger partial charge in [0.1, 0.15) is 5.75 Å². The quantitative estimate of drug-likeness (QED) is 0.308. The fraction of sp³-hybridized carbons (Fsp3) is 0.667. The van der Waals surface area contributed by atoms with Crippen molar-refractivity contribution in [3.05, 3.63) is 24.3 Å². The van der Waals surface area contributed by atoms with Crippen LogP contribution in [0.1, 0.15) is 19.3 Å². The zero-order valence-corrected chi connectivity index (χ0v) is 20.8. The van der Waals surface area contributed by atoms with Crippen molar-refractivity contribution < 1.29 is 18.3 Å². The van der Waals surface area contributed by atoms with Gasteiger partial charge in [0, 0.05) is 51.5 Å². The van der Waals surface area contributed by atoms with E-state index in [1.807, 2.05) is 12.1 Å². The van der Waals surface area contributed by atoms with Crippen molar-refractivity contribution in [1.29, 1.82) is 0 Å². The number of guanidine groups is 1. The lowest BCUT2D eigenvalue weighted by Crippen LogP contribution is -2.57. The highest BCUT2D eigenvalue weighted by atomic mass is 127. The minimum absolute atomic E-state index is 0. The molecule has 0 aliphatic carbocycles. The molecule has 1 aromatic carbocycles. The highest BCUT2D eigenvalue weighted by Crippen LogP contribution is 2.32. The van der Waals surface area contributed by atoms with E-state index in [1.54, 1.807) is 19.2 Å². The number of aliphatic imine (C=N–C) groups is 1. The molecular weight excluding hydrogens is 519 g/mol. The Morgan fingerprint density at radius 2 is 2.03 bits per heavy atom. The van der Waals surface area contributed by atoms with E-state index in [0.717, 1.165) is 51.5 Å². The zero-order valence-electron chi connectivity index (χ0n) is 18.4. The summed E-state index contributed by atoms with van der Waals surface area (Å²) < 4.78 is 35.7. The van der Waals surface area contributed by atoms with Crippen molar-refractivity contribution >= 4 is 35.6 Å². The van der Waals surface area contributed by atoms with Gasteiger partial charge in [0.15, 0.2) is 5.96 Å². The minimum Gasteiger partial charge on any atom is -0.433 e. The topological polar surface area (TPSA) is 61.4 Å². The van der Waals surface area contributed by atoms with Gasteiger partial charge in [0.05, 0.1) is 5.69 Å². The first-order valence-corrected chi connectivity index (χ1v) is 10.4. The summed E-state index contributed by atoms with van der Waals surface area (Å²) in [6.07, 6.45) is 2.83. The summed E-state index contributed by atoms with van der Waals surface area (Å²) >= 11 is 0. The lowest BCUT2D eigenvalue weighted by atomic mass is 9.88. The van der Waals surface area contributed by atoms with Crippen molar-refractivity contribution in [2.45, 2.75) is 37.5 Å². The number of rotatable bonds is 7. The lowest BCUT2D eigenvalue weighted by Gasteiger charge is -2.43. The van der Waals surface area contributed by atoms with E-state index >= 15 is 0 Å². The number of halogens is 3. The molecule has 2 aliphatic heterocycles. The van der Waals surface area contributed by atoms with Crippen molar-refractivity contribution in [3.63, 3.8) is 0 Å². The van der Waals surface area contributed by atoms with Crippen LogP contribution in [0.15, 0.2) is 29.3 Å². The predicted molar refractivity (Wildman–Crippen MR) is 130 cm³/mol. The molecule has 2 aliphatic rings. The lowest BCUT2D eigenvalue weighted by molar-refractivity contribution is -0.0495. The van der Waals surface area contributed by atoms with Crippen molar-refractivity contribution in [1.82, 2.24) is 15.5 Å². The molecule has 1 atom stereocenters. The molecule has 1 unspecified atom stereocenters. The molecule has 0 saturated carbocycles. The van der Waals surface area contributed by atoms with Crippen LogP contribution in [-0.2, 0) is 4.74 Å². The Hall–Kier alpha value is -1.40. The number of hydrogen-bond acceptors (Lipinski definition) is 5. The molecule has 2 heterocycles. The molecule has 0 spiro atoms. The van der Waals surface area contributed by atoms with Gasteiger partial charge in [-0.1, -0.05) is 12.1 Å². The summed E-state index contributed by atoms with van der Waals surface area (Å²) in [5.74, 6) is 0.967. The van der Waals surface area contributed by atoms with Crippen LogP contribution in [-0.4, -0.2) is 83.0 Å². The van der Waals surface area contributed by atoms with E-state index in [4.69, 9.17) is 4.74 Å². The third-order valence-corrected chi connectivity index (χ3v) is 6.13. The van der Waals surface area contributed by atoms with Gasteiger partial charge >= 0.3 is 6.61 Å². The molecule has 10 heteroatoms. The molecule has 31 heavy (non-hydrogen) atoms. The minimum atomic E-state index is -2.83. The van der Waals surface area contributed by atoms with Crippen molar-refractivity contribution in [2.24, 2.45) is 4.99 Å². The van der Waals surface area contributed by atoms with Gasteiger partial charge in [-0.25, -0.2) is 0 Å². The smallest absolute Gasteiger partial charge is 0.387 e. The maximum Gasteiger partial charge on any atom is 0.387 e. The second kappa shape index (κ2) is 12.0. The molecule has 176 valence electrons. The number of ether oxygens (including phenoxy) is 2. The summed E-state index contributed by atoms with van der Waals surface area (Å²) in [4.78, 5) is 8.73. The largest absolute Gasteiger partial charge is 0.433 e. The van der Waals surface area contributed by atoms with Crippen molar-refractivity contribution in [2.75, 3.05) is 58.9 Å². The predicted octanol–water partition coefficient (Wildman–Crippen LogP) is 2.76. The van der Waals surface area contributed by atoms with Crippen LogP contribution in [0.2, 0.25) is 0 Å². The molecule has 2 fully saturated rings. The standard InChI is InChI=1S/C21H33F2N5O2.HI/c1-24-20(25-15-21(27(2)3)9-12-29-13-10-21)26-16-8-11-28(14-16)17-6-4-5-7-18(17)30-19(22)23;/h4-7,16,19H,8-15H2,1-3H3,(H2,24,25,26);1H. The normalized spacial score (nSPS) is 21.2. The fourth-order valence-corrected chi connectivity index (χ4v) is 4.18. The van der Waals surface area contributed by atoms with Gasteiger partial charge in [0.2, 0.25) is 0 Å². The van der Waals surface area contributed by atoms with Crippen LogP contribution in [0, 0.1) is 0 Å². The molecule has 3 rings (SSSR count). The molecule has 7 nitrogen and oxygen atoms in total. The second-order valence-electron chi connectivity index (χ2n) is 8.08. The number of alkyl halides is 2. The van der Waals surface area contributed by atoms with Gasteiger partial charge in [-0.15, -0.1) is 24.0 Å². The van der Waals surface area contributed by atoms with Crippen molar-refractivity contribution in [3.8, 4) is 5.75 Å². The Kier molecular flexibility index (Phi) is 10.0. The fourth-order valence-electron chi connectivity index (χ4n) is 4.18.